The van der Waals surface area contributed by atoms with Gasteiger partial charge in [-0.15, -0.1) is 0 Å². The average Bonchev–Trinajstić information content (AvgIpc) is 2.04. The number of carbonyl (C=O) groups is 1. The number of pyridine rings is 1. The first-order valence-corrected chi connectivity index (χ1v) is 3.60. The predicted octanol–water partition coefficient (Wildman–Crippen LogP) is 1.47. The molecule has 0 spiro atoms. The summed E-state index contributed by atoms with van der Waals surface area (Å²) in [5.41, 5.74) is 0.0519. The summed E-state index contributed by atoms with van der Waals surface area (Å²) in [4.78, 5) is 14.4. The summed E-state index contributed by atoms with van der Waals surface area (Å²) in [5, 5.41) is 11.5. The molecule has 0 aromatic carbocycles. The van der Waals surface area contributed by atoms with E-state index in [2.05, 4.69) is 10.3 Å². The molecule has 1 heterocycles. The number of hydrogen-bond acceptors (Lipinski definition) is 3. The van der Waals surface area contributed by atoms with Gasteiger partial charge < -0.3 is 10.4 Å². The molecule has 0 unspecified atom stereocenters. The Morgan fingerprint density at radius 1 is 1.75 bits per heavy atom. The Morgan fingerprint density at radius 2 is 2.42 bits per heavy atom. The van der Waals surface area contributed by atoms with Crippen LogP contribution in [-0.4, -0.2) is 23.1 Å². The Bertz CT molecular complexity index is 314. The second kappa shape index (κ2) is 3.40. The second-order valence-electron chi connectivity index (χ2n) is 2.08. The zero-order chi connectivity index (χ0) is 9.14. The molecule has 0 saturated carbocycles. The molecule has 4 nitrogen and oxygen atoms in total. The number of carboxylic acids is 1. The van der Waals surface area contributed by atoms with Crippen LogP contribution in [0.15, 0.2) is 12.3 Å². The van der Waals surface area contributed by atoms with E-state index >= 15 is 0 Å². The Kier molecular flexibility index (Phi) is 2.50. The highest BCUT2D eigenvalue weighted by Crippen LogP contribution is 2.22. The van der Waals surface area contributed by atoms with Gasteiger partial charge in [0, 0.05) is 13.2 Å². The van der Waals surface area contributed by atoms with E-state index in [9.17, 15) is 4.79 Å². The molecule has 0 amide bonds. The van der Waals surface area contributed by atoms with E-state index in [0.29, 0.717) is 5.82 Å². The SMILES string of the molecule is CNc1nccc(C(=O)O)c1Cl. The van der Waals surface area contributed by atoms with Crippen molar-refractivity contribution in [3.05, 3.63) is 22.8 Å². The normalized spacial score (nSPS) is 9.50. The van der Waals surface area contributed by atoms with Gasteiger partial charge in [-0.2, -0.15) is 0 Å². The molecule has 0 fully saturated rings. The fourth-order valence-electron chi connectivity index (χ4n) is 0.783. The maximum absolute atomic E-state index is 10.5. The van der Waals surface area contributed by atoms with Crippen LogP contribution >= 0.6 is 11.6 Å². The third-order valence-corrected chi connectivity index (χ3v) is 1.74. The lowest BCUT2D eigenvalue weighted by atomic mass is 10.2. The quantitative estimate of drug-likeness (QED) is 0.735. The van der Waals surface area contributed by atoms with Crippen LogP contribution in [0.1, 0.15) is 10.4 Å². The number of aromatic nitrogens is 1. The van der Waals surface area contributed by atoms with Gasteiger partial charge in [0.25, 0.3) is 0 Å². The molecule has 0 radical (unpaired) electrons. The molecular weight excluding hydrogens is 180 g/mol. The van der Waals surface area contributed by atoms with Gasteiger partial charge in [-0.1, -0.05) is 11.6 Å². The zero-order valence-electron chi connectivity index (χ0n) is 6.34. The van der Waals surface area contributed by atoms with E-state index in [1.807, 2.05) is 0 Å². The van der Waals surface area contributed by atoms with Crippen molar-refractivity contribution >= 4 is 23.4 Å². The Morgan fingerprint density at radius 3 is 2.92 bits per heavy atom. The summed E-state index contributed by atoms with van der Waals surface area (Å²) in [7, 11) is 1.62. The molecule has 1 rings (SSSR count). The fourth-order valence-corrected chi connectivity index (χ4v) is 1.07. The molecule has 0 aliphatic heterocycles. The summed E-state index contributed by atoms with van der Waals surface area (Å²) in [5.74, 6) is -0.685. The number of halogens is 1. The molecule has 5 heteroatoms. The predicted molar refractivity (Wildman–Crippen MR) is 45.8 cm³/mol. The van der Waals surface area contributed by atoms with Gasteiger partial charge in [-0.3, -0.25) is 0 Å². The van der Waals surface area contributed by atoms with Crippen molar-refractivity contribution in [2.45, 2.75) is 0 Å². The summed E-state index contributed by atoms with van der Waals surface area (Å²) < 4.78 is 0. The molecule has 1 aromatic heterocycles. The van der Waals surface area contributed by atoms with E-state index in [1.165, 1.54) is 12.3 Å². The first kappa shape index (κ1) is 8.80. The molecule has 0 aliphatic carbocycles. The number of hydrogen-bond donors (Lipinski definition) is 2. The van der Waals surface area contributed by atoms with Gasteiger partial charge >= 0.3 is 5.97 Å². The number of nitrogens with one attached hydrogen (secondary N) is 1. The summed E-state index contributed by atoms with van der Waals surface area (Å²) >= 11 is 5.70. The summed E-state index contributed by atoms with van der Waals surface area (Å²) in [6.07, 6.45) is 1.39. The smallest absolute Gasteiger partial charge is 0.337 e. The number of rotatable bonds is 2. The van der Waals surface area contributed by atoms with Crippen molar-refractivity contribution in [3.8, 4) is 0 Å². The Labute approximate surface area is 74.2 Å². The van der Waals surface area contributed by atoms with Crippen molar-refractivity contribution in [1.29, 1.82) is 0 Å². The van der Waals surface area contributed by atoms with Crippen molar-refractivity contribution in [1.82, 2.24) is 4.98 Å². The topological polar surface area (TPSA) is 62.2 Å². The first-order valence-electron chi connectivity index (χ1n) is 3.22. The van der Waals surface area contributed by atoms with Crippen molar-refractivity contribution < 1.29 is 9.90 Å². The van der Waals surface area contributed by atoms with Crippen LogP contribution in [-0.2, 0) is 0 Å². The lowest BCUT2D eigenvalue weighted by Gasteiger charge is -2.03. The molecule has 1 aromatic rings. The fraction of sp³-hybridized carbons (Fsp3) is 0.143. The van der Waals surface area contributed by atoms with E-state index in [-0.39, 0.29) is 10.6 Å². The van der Waals surface area contributed by atoms with Crippen LogP contribution < -0.4 is 5.32 Å². The second-order valence-corrected chi connectivity index (χ2v) is 2.45. The Balaban J connectivity index is 3.23. The van der Waals surface area contributed by atoms with Gasteiger partial charge in [0.05, 0.1) is 10.6 Å². The highest BCUT2D eigenvalue weighted by molar-refractivity contribution is 6.35. The monoisotopic (exact) mass is 186 g/mol. The van der Waals surface area contributed by atoms with E-state index in [4.69, 9.17) is 16.7 Å². The highest BCUT2D eigenvalue weighted by Gasteiger charge is 2.11. The number of nitrogens with zero attached hydrogens (tertiary/aromatic N) is 1. The molecular formula is C7H7ClN2O2. The van der Waals surface area contributed by atoms with Gasteiger partial charge in [0.2, 0.25) is 0 Å². The molecule has 64 valence electrons. The van der Waals surface area contributed by atoms with Gasteiger partial charge in [0.15, 0.2) is 0 Å². The van der Waals surface area contributed by atoms with Gasteiger partial charge in [-0.25, -0.2) is 9.78 Å². The molecule has 2 N–H and O–H groups in total. The number of carboxylic acid groups (broad SMARTS) is 1. The number of anilines is 1. The third-order valence-electron chi connectivity index (χ3n) is 1.36. The van der Waals surface area contributed by atoms with E-state index in [0.717, 1.165) is 0 Å². The van der Waals surface area contributed by atoms with Crippen molar-refractivity contribution in [2.75, 3.05) is 12.4 Å². The standard InChI is InChI=1S/C7H7ClN2O2/c1-9-6-5(8)4(7(11)12)2-3-10-6/h2-3H,1H3,(H,9,10)(H,11,12). The number of aromatic carboxylic acids is 1. The lowest BCUT2D eigenvalue weighted by Crippen LogP contribution is -2.01. The van der Waals surface area contributed by atoms with Crippen molar-refractivity contribution in [2.24, 2.45) is 0 Å². The van der Waals surface area contributed by atoms with Crippen molar-refractivity contribution in [3.63, 3.8) is 0 Å². The van der Waals surface area contributed by atoms with Crippen LogP contribution in [0.2, 0.25) is 5.02 Å². The molecule has 0 aliphatic rings. The minimum absolute atomic E-state index is 0.0519. The zero-order valence-corrected chi connectivity index (χ0v) is 7.09. The van der Waals surface area contributed by atoms with Crippen LogP contribution in [0.3, 0.4) is 0 Å². The minimum atomic E-state index is -1.06. The van der Waals surface area contributed by atoms with Gasteiger partial charge in [0.1, 0.15) is 5.82 Å². The van der Waals surface area contributed by atoms with E-state index in [1.54, 1.807) is 7.05 Å². The van der Waals surface area contributed by atoms with Crippen LogP contribution in [0.25, 0.3) is 0 Å². The molecule has 0 saturated heterocycles. The molecule has 12 heavy (non-hydrogen) atoms. The molecule has 0 bridgehead atoms. The van der Waals surface area contributed by atoms with Gasteiger partial charge in [-0.05, 0) is 6.07 Å². The average molecular weight is 187 g/mol. The summed E-state index contributed by atoms with van der Waals surface area (Å²) in [6, 6.07) is 1.35. The minimum Gasteiger partial charge on any atom is -0.478 e. The Hall–Kier alpha value is -1.29. The maximum atomic E-state index is 10.5. The summed E-state index contributed by atoms with van der Waals surface area (Å²) in [6.45, 7) is 0. The maximum Gasteiger partial charge on any atom is 0.337 e. The first-order chi connectivity index (χ1) is 5.66. The van der Waals surface area contributed by atoms with Crippen LogP contribution in [0, 0.1) is 0 Å². The van der Waals surface area contributed by atoms with E-state index < -0.39 is 5.97 Å². The largest absolute Gasteiger partial charge is 0.478 e. The molecule has 0 atom stereocenters. The highest BCUT2D eigenvalue weighted by atomic mass is 35.5. The van der Waals surface area contributed by atoms with Crippen LogP contribution in [0.5, 0.6) is 0 Å². The lowest BCUT2D eigenvalue weighted by molar-refractivity contribution is 0.0697. The van der Waals surface area contributed by atoms with Crippen LogP contribution in [0.4, 0.5) is 5.82 Å². The third kappa shape index (κ3) is 1.48.